The van der Waals surface area contributed by atoms with E-state index >= 15 is 0 Å². The number of amides is 3. The van der Waals surface area contributed by atoms with Crippen molar-refractivity contribution in [1.29, 1.82) is 0 Å². The number of nitrogens with two attached hydrogens (primary N) is 1. The van der Waals surface area contributed by atoms with Crippen molar-refractivity contribution in [2.45, 2.75) is 76.5 Å². The topological polar surface area (TPSA) is 121 Å². The minimum absolute atomic E-state index is 0.103. The summed E-state index contributed by atoms with van der Waals surface area (Å²) >= 11 is 0. The van der Waals surface area contributed by atoms with Crippen LogP contribution in [0, 0.1) is 24.7 Å². The first-order chi connectivity index (χ1) is 13.2. The number of carboxylic acids is 1. The monoisotopic (exact) mass is 389 g/mol. The highest BCUT2D eigenvalue weighted by Crippen LogP contribution is 2.25. The summed E-state index contributed by atoms with van der Waals surface area (Å²) in [7, 11) is 0. The molecule has 3 N–H and O–H groups in total. The van der Waals surface area contributed by atoms with Gasteiger partial charge in [0.05, 0.1) is 12.1 Å². The number of aliphatic carboxylic acids is 1. The molecule has 2 rings (SSSR count). The number of carbonyl (C=O) groups excluding carboxylic acids is 3. The third kappa shape index (κ3) is 5.04. The third-order valence-corrected chi connectivity index (χ3v) is 4.95. The lowest BCUT2D eigenvalue weighted by atomic mass is 10.2. The lowest BCUT2D eigenvalue weighted by Gasteiger charge is -2.25. The molecule has 2 aliphatic rings. The van der Waals surface area contributed by atoms with E-state index in [0.29, 0.717) is 38.5 Å². The van der Waals surface area contributed by atoms with Gasteiger partial charge in [0.25, 0.3) is 0 Å². The molecule has 2 heterocycles. The van der Waals surface area contributed by atoms with Crippen molar-refractivity contribution in [3.05, 3.63) is 0 Å². The van der Waals surface area contributed by atoms with Crippen molar-refractivity contribution in [3.8, 4) is 24.7 Å². The molecule has 0 aliphatic carbocycles. The van der Waals surface area contributed by atoms with Crippen LogP contribution in [0.4, 0.5) is 0 Å². The molecule has 0 spiro atoms. The van der Waals surface area contributed by atoms with Crippen LogP contribution in [0.5, 0.6) is 0 Å². The zero-order chi connectivity index (χ0) is 21.4. The maximum absolute atomic E-state index is 11.5. The second-order valence-electron chi connectivity index (χ2n) is 6.60. The number of nitrogens with zero attached hydrogens (tertiary/aromatic N) is 2. The SMILES string of the molecule is C#C[C@H]1CC[C@@H](C(=O)O)N1C(=O)CC.C#C[C@H]1CC[C@@H](C(N)=O)N1C(=O)CC. The molecule has 8 heteroatoms. The standard InChI is InChI=1S/C10H14N2O2.C10H13NO3/c1-3-7-5-6-8(10(11)14)12(7)9(13)4-2;1-3-7-5-6-8(10(13)14)11(7)9(12)4-2/h1,7-8H,4-6H2,2H3,(H2,11,14);1,7-8H,4-6H2,2H3,(H,13,14)/t2*7-,8-/m00/s1. The van der Waals surface area contributed by atoms with Crippen molar-refractivity contribution in [2.75, 3.05) is 0 Å². The fourth-order valence-electron chi connectivity index (χ4n) is 3.53. The number of hydrogen-bond donors (Lipinski definition) is 2. The van der Waals surface area contributed by atoms with Gasteiger partial charge in [-0.15, -0.1) is 12.8 Å². The van der Waals surface area contributed by atoms with E-state index in [1.54, 1.807) is 13.8 Å². The minimum Gasteiger partial charge on any atom is -0.480 e. The molecule has 2 aliphatic heterocycles. The van der Waals surface area contributed by atoms with Gasteiger partial charge in [0.1, 0.15) is 12.1 Å². The Morgan fingerprint density at radius 1 is 0.893 bits per heavy atom. The fraction of sp³-hybridized carbons (Fsp3) is 0.600. The molecule has 8 nitrogen and oxygen atoms in total. The molecule has 0 unspecified atom stereocenters. The second kappa shape index (κ2) is 10.4. The predicted octanol–water partition coefficient (Wildman–Crippen LogP) is 0.348. The molecule has 0 saturated carbocycles. The number of carboxylic acid groups (broad SMARTS) is 1. The molecule has 152 valence electrons. The van der Waals surface area contributed by atoms with Crippen molar-refractivity contribution in [3.63, 3.8) is 0 Å². The molecule has 0 bridgehead atoms. The van der Waals surface area contributed by atoms with Gasteiger partial charge in [-0.25, -0.2) is 4.79 Å². The second-order valence-corrected chi connectivity index (χ2v) is 6.60. The summed E-state index contributed by atoms with van der Waals surface area (Å²) < 4.78 is 0. The normalized spacial score (nSPS) is 25.9. The van der Waals surface area contributed by atoms with Gasteiger partial charge in [-0.05, 0) is 25.7 Å². The van der Waals surface area contributed by atoms with Crippen LogP contribution in [0.25, 0.3) is 0 Å². The van der Waals surface area contributed by atoms with Crippen LogP contribution in [0.15, 0.2) is 0 Å². The van der Waals surface area contributed by atoms with E-state index in [0.717, 1.165) is 0 Å². The summed E-state index contributed by atoms with van der Waals surface area (Å²) in [5.74, 6) is 3.25. The Morgan fingerprint density at radius 2 is 1.29 bits per heavy atom. The van der Waals surface area contributed by atoms with Gasteiger partial charge in [0.2, 0.25) is 17.7 Å². The number of likely N-dealkylation sites (tertiary alicyclic amines) is 2. The molecular formula is C20H27N3O5. The number of hydrogen-bond acceptors (Lipinski definition) is 4. The molecule has 0 radical (unpaired) electrons. The largest absolute Gasteiger partial charge is 0.480 e. The molecule has 0 aromatic rings. The Kier molecular flexibility index (Phi) is 8.53. The summed E-state index contributed by atoms with van der Waals surface area (Å²) in [6.45, 7) is 3.44. The molecule has 2 fully saturated rings. The van der Waals surface area contributed by atoms with Crippen molar-refractivity contribution in [2.24, 2.45) is 5.73 Å². The highest BCUT2D eigenvalue weighted by atomic mass is 16.4. The quantitative estimate of drug-likeness (QED) is 0.672. The van der Waals surface area contributed by atoms with E-state index in [1.807, 2.05) is 0 Å². The van der Waals surface area contributed by atoms with E-state index in [-0.39, 0.29) is 23.9 Å². The molecule has 2 saturated heterocycles. The summed E-state index contributed by atoms with van der Waals surface area (Å²) in [5, 5.41) is 8.88. The van der Waals surface area contributed by atoms with E-state index in [9.17, 15) is 19.2 Å². The first-order valence-electron chi connectivity index (χ1n) is 9.30. The van der Waals surface area contributed by atoms with Gasteiger partial charge < -0.3 is 20.6 Å². The van der Waals surface area contributed by atoms with Gasteiger partial charge in [0.15, 0.2) is 0 Å². The van der Waals surface area contributed by atoms with Crippen molar-refractivity contribution >= 4 is 23.7 Å². The summed E-state index contributed by atoms with van der Waals surface area (Å²) in [6.07, 6.45) is 13.4. The summed E-state index contributed by atoms with van der Waals surface area (Å²) in [5.41, 5.74) is 5.20. The number of carbonyl (C=O) groups is 4. The Hall–Kier alpha value is -3.00. The highest BCUT2D eigenvalue weighted by molar-refractivity contribution is 5.87. The van der Waals surface area contributed by atoms with Crippen LogP contribution >= 0.6 is 0 Å². The lowest BCUT2D eigenvalue weighted by Crippen LogP contribution is -2.46. The molecule has 28 heavy (non-hydrogen) atoms. The summed E-state index contributed by atoms with van der Waals surface area (Å²) in [6, 6.07) is -1.85. The number of primary amides is 1. The zero-order valence-electron chi connectivity index (χ0n) is 16.3. The summed E-state index contributed by atoms with van der Waals surface area (Å²) in [4.78, 5) is 47.6. The Labute approximate surface area is 165 Å². The Bertz CT molecular complexity index is 646. The molecule has 0 aromatic heterocycles. The van der Waals surface area contributed by atoms with Crippen LogP contribution in [0.1, 0.15) is 52.4 Å². The van der Waals surface area contributed by atoms with Gasteiger partial charge >= 0.3 is 5.97 Å². The van der Waals surface area contributed by atoms with Crippen molar-refractivity contribution in [1.82, 2.24) is 9.80 Å². The van der Waals surface area contributed by atoms with E-state index < -0.39 is 24.0 Å². The Balaban J connectivity index is 0.000000280. The fourth-order valence-corrected chi connectivity index (χ4v) is 3.53. The predicted molar refractivity (Wildman–Crippen MR) is 102 cm³/mol. The number of rotatable bonds is 4. The molecule has 4 atom stereocenters. The van der Waals surface area contributed by atoms with Gasteiger partial charge in [0, 0.05) is 12.8 Å². The Morgan fingerprint density at radius 3 is 1.61 bits per heavy atom. The van der Waals surface area contributed by atoms with Crippen LogP contribution in [0.3, 0.4) is 0 Å². The average Bonchev–Trinajstić information content (AvgIpc) is 3.31. The molecule has 3 amide bonds. The first kappa shape index (κ1) is 23.0. The highest BCUT2D eigenvalue weighted by Gasteiger charge is 2.39. The van der Waals surface area contributed by atoms with E-state index in [4.69, 9.17) is 23.7 Å². The van der Waals surface area contributed by atoms with Gasteiger partial charge in [-0.3, -0.25) is 14.4 Å². The zero-order valence-corrected chi connectivity index (χ0v) is 16.3. The number of terminal acetylenes is 2. The lowest BCUT2D eigenvalue weighted by molar-refractivity contribution is -0.148. The van der Waals surface area contributed by atoms with Crippen LogP contribution in [0.2, 0.25) is 0 Å². The average molecular weight is 389 g/mol. The maximum atomic E-state index is 11.5. The van der Waals surface area contributed by atoms with E-state index in [2.05, 4.69) is 11.8 Å². The molecule has 0 aromatic carbocycles. The van der Waals surface area contributed by atoms with Gasteiger partial charge in [-0.1, -0.05) is 25.7 Å². The van der Waals surface area contributed by atoms with Crippen LogP contribution in [-0.4, -0.2) is 62.8 Å². The third-order valence-electron chi connectivity index (χ3n) is 4.95. The van der Waals surface area contributed by atoms with Crippen molar-refractivity contribution < 1.29 is 24.3 Å². The molecular weight excluding hydrogens is 362 g/mol. The first-order valence-corrected chi connectivity index (χ1v) is 9.30. The van der Waals surface area contributed by atoms with E-state index in [1.165, 1.54) is 9.80 Å². The smallest absolute Gasteiger partial charge is 0.326 e. The van der Waals surface area contributed by atoms with Crippen LogP contribution < -0.4 is 5.73 Å². The van der Waals surface area contributed by atoms with Crippen LogP contribution in [-0.2, 0) is 19.2 Å². The maximum Gasteiger partial charge on any atom is 0.326 e. The minimum atomic E-state index is -0.968. The van der Waals surface area contributed by atoms with Gasteiger partial charge in [-0.2, -0.15) is 0 Å².